The third kappa shape index (κ3) is 4.40. The molecule has 0 radical (unpaired) electrons. The summed E-state index contributed by atoms with van der Waals surface area (Å²) in [6.07, 6.45) is 1.22. The van der Waals surface area contributed by atoms with E-state index in [1.54, 1.807) is 18.3 Å². The zero-order chi connectivity index (χ0) is 18.7. The Hall–Kier alpha value is -2.86. The van der Waals surface area contributed by atoms with Gasteiger partial charge in [-0.3, -0.25) is 10.1 Å². The van der Waals surface area contributed by atoms with E-state index in [0.29, 0.717) is 16.8 Å². The summed E-state index contributed by atoms with van der Waals surface area (Å²) < 4.78 is 5.23. The zero-order valence-electron chi connectivity index (χ0n) is 14.8. The lowest BCUT2D eigenvalue weighted by Crippen LogP contribution is -2.27. The normalized spacial score (nSPS) is 11.2. The Balaban J connectivity index is 1.69. The Bertz CT molecular complexity index is 903. The number of H-pyrrole nitrogens is 1. The van der Waals surface area contributed by atoms with E-state index < -0.39 is 11.7 Å². The molecule has 0 atom stereocenters. The number of aromatic nitrogens is 1. The van der Waals surface area contributed by atoms with E-state index in [9.17, 15) is 9.59 Å². The molecule has 0 aliphatic carbocycles. The van der Waals surface area contributed by atoms with E-state index in [4.69, 9.17) is 4.74 Å². The smallest absolute Gasteiger partial charge is 0.412 e. The van der Waals surface area contributed by atoms with Gasteiger partial charge in [-0.05, 0) is 56.0 Å². The Morgan fingerprint density at radius 3 is 2.42 bits per heavy atom. The van der Waals surface area contributed by atoms with Gasteiger partial charge in [0.2, 0.25) is 0 Å². The summed E-state index contributed by atoms with van der Waals surface area (Å²) in [5.41, 5.74) is 3.17. The van der Waals surface area contributed by atoms with E-state index in [2.05, 4.69) is 10.3 Å². The molecule has 3 rings (SSSR count). The van der Waals surface area contributed by atoms with Crippen LogP contribution in [0.4, 0.5) is 10.5 Å². The molecule has 0 aliphatic rings. The van der Waals surface area contributed by atoms with Crippen LogP contribution in [0, 0.1) is 0 Å². The molecule has 0 aliphatic heterocycles. The van der Waals surface area contributed by atoms with Crippen molar-refractivity contribution >= 4 is 28.9 Å². The topological polar surface area (TPSA) is 71.2 Å². The molecule has 2 heterocycles. The van der Waals surface area contributed by atoms with Crippen molar-refractivity contribution in [3.8, 4) is 11.3 Å². The molecule has 2 N–H and O–H groups in total. The predicted octanol–water partition coefficient (Wildman–Crippen LogP) is 5.32. The lowest BCUT2D eigenvalue weighted by Gasteiger charge is -2.19. The summed E-state index contributed by atoms with van der Waals surface area (Å²) in [5.74, 6) is -0.00281. The van der Waals surface area contributed by atoms with Crippen molar-refractivity contribution in [2.45, 2.75) is 26.4 Å². The highest BCUT2D eigenvalue weighted by Gasteiger charge is 2.16. The predicted molar refractivity (Wildman–Crippen MR) is 104 cm³/mol. The molecule has 0 spiro atoms. The minimum Gasteiger partial charge on any atom is -0.444 e. The number of carbonyl (C=O) groups excluding carboxylic acids is 2. The second kappa shape index (κ2) is 7.17. The van der Waals surface area contributed by atoms with Gasteiger partial charge in [-0.1, -0.05) is 12.1 Å². The highest BCUT2D eigenvalue weighted by molar-refractivity contribution is 7.08. The van der Waals surface area contributed by atoms with Gasteiger partial charge in [-0.25, -0.2) is 4.79 Å². The lowest BCUT2D eigenvalue weighted by molar-refractivity contribution is 0.0635. The molecule has 0 unspecified atom stereocenters. The number of aromatic amines is 1. The van der Waals surface area contributed by atoms with Gasteiger partial charge in [0.25, 0.3) is 0 Å². The van der Waals surface area contributed by atoms with Crippen LogP contribution in [0.2, 0.25) is 0 Å². The van der Waals surface area contributed by atoms with Crippen LogP contribution >= 0.6 is 11.3 Å². The first kappa shape index (κ1) is 17.9. The molecule has 134 valence electrons. The summed E-state index contributed by atoms with van der Waals surface area (Å²) >= 11 is 1.50. The quantitative estimate of drug-likeness (QED) is 0.612. The Morgan fingerprint density at radius 1 is 1.08 bits per heavy atom. The maximum absolute atomic E-state index is 12.4. The number of hydrogen-bond acceptors (Lipinski definition) is 4. The molecule has 6 heteroatoms. The van der Waals surface area contributed by atoms with Gasteiger partial charge >= 0.3 is 6.09 Å². The molecule has 1 aromatic carbocycles. The molecule has 5 nitrogen and oxygen atoms in total. The van der Waals surface area contributed by atoms with E-state index in [0.717, 1.165) is 11.3 Å². The lowest BCUT2D eigenvalue weighted by atomic mass is 10.1. The summed E-state index contributed by atoms with van der Waals surface area (Å²) in [4.78, 5) is 27.3. The molecule has 1 amide bonds. The van der Waals surface area contributed by atoms with E-state index in [1.165, 1.54) is 11.3 Å². The number of hydrogen-bond donors (Lipinski definition) is 2. The Morgan fingerprint density at radius 2 is 1.81 bits per heavy atom. The number of anilines is 1. The van der Waals surface area contributed by atoms with Crippen LogP contribution in [0.5, 0.6) is 0 Å². The fourth-order valence-electron chi connectivity index (χ4n) is 2.41. The van der Waals surface area contributed by atoms with Crippen LogP contribution in [0.25, 0.3) is 11.3 Å². The second-order valence-corrected chi connectivity index (χ2v) is 7.63. The van der Waals surface area contributed by atoms with Crippen molar-refractivity contribution in [2.24, 2.45) is 0 Å². The van der Waals surface area contributed by atoms with E-state index in [-0.39, 0.29) is 5.78 Å². The number of amides is 1. The van der Waals surface area contributed by atoms with Crippen LogP contribution in [-0.4, -0.2) is 22.5 Å². The van der Waals surface area contributed by atoms with Crippen LogP contribution in [0.1, 0.15) is 36.7 Å². The number of rotatable bonds is 4. The molecule has 26 heavy (non-hydrogen) atoms. The number of ketones is 1. The highest BCUT2D eigenvalue weighted by atomic mass is 32.1. The van der Waals surface area contributed by atoms with Gasteiger partial charge in [0.15, 0.2) is 5.78 Å². The average molecular weight is 368 g/mol. The maximum atomic E-state index is 12.4. The first-order valence-electron chi connectivity index (χ1n) is 8.17. The molecule has 0 fully saturated rings. The number of carbonyl (C=O) groups is 2. The SMILES string of the molecule is CC(C)(C)OC(=O)Nc1ccc(-c2cc(C(=O)c3ccsc3)c[nH]2)cc1. The van der Waals surface area contributed by atoms with Gasteiger partial charge in [-0.15, -0.1) is 0 Å². The Labute approximate surface area is 156 Å². The van der Waals surface area contributed by atoms with Crippen molar-refractivity contribution in [3.63, 3.8) is 0 Å². The average Bonchev–Trinajstić information content (AvgIpc) is 3.25. The Kier molecular flexibility index (Phi) is 4.95. The van der Waals surface area contributed by atoms with E-state index in [1.807, 2.05) is 55.8 Å². The third-order valence-electron chi connectivity index (χ3n) is 3.57. The van der Waals surface area contributed by atoms with Crippen molar-refractivity contribution in [2.75, 3.05) is 5.32 Å². The van der Waals surface area contributed by atoms with Gasteiger partial charge < -0.3 is 9.72 Å². The van der Waals surface area contributed by atoms with Crippen LogP contribution in [0.3, 0.4) is 0 Å². The second-order valence-electron chi connectivity index (χ2n) is 6.85. The fourth-order valence-corrected chi connectivity index (χ4v) is 3.04. The van der Waals surface area contributed by atoms with Gasteiger partial charge in [0.05, 0.1) is 0 Å². The van der Waals surface area contributed by atoms with Gasteiger partial charge in [0.1, 0.15) is 5.60 Å². The van der Waals surface area contributed by atoms with Crippen molar-refractivity contribution in [1.29, 1.82) is 0 Å². The molecular formula is C20H20N2O3S. The molecule has 0 saturated carbocycles. The van der Waals surface area contributed by atoms with Crippen LogP contribution in [-0.2, 0) is 4.74 Å². The fraction of sp³-hybridized carbons (Fsp3) is 0.200. The number of ether oxygens (including phenoxy) is 1. The van der Waals surface area contributed by atoms with Crippen LogP contribution < -0.4 is 5.32 Å². The minimum atomic E-state index is -0.542. The van der Waals surface area contributed by atoms with Gasteiger partial charge in [-0.2, -0.15) is 11.3 Å². The minimum absolute atomic E-state index is 0.00281. The van der Waals surface area contributed by atoms with Gasteiger partial charge in [0, 0.05) is 34.1 Å². The molecular weight excluding hydrogens is 348 g/mol. The highest BCUT2D eigenvalue weighted by Crippen LogP contribution is 2.23. The summed E-state index contributed by atoms with van der Waals surface area (Å²) in [6, 6.07) is 11.0. The summed E-state index contributed by atoms with van der Waals surface area (Å²) in [6.45, 7) is 5.45. The third-order valence-corrected chi connectivity index (χ3v) is 4.25. The molecule has 3 aromatic rings. The number of thiophene rings is 1. The zero-order valence-corrected chi connectivity index (χ0v) is 15.6. The van der Waals surface area contributed by atoms with Crippen molar-refractivity contribution in [1.82, 2.24) is 4.98 Å². The molecule has 0 bridgehead atoms. The first-order chi connectivity index (χ1) is 12.3. The summed E-state index contributed by atoms with van der Waals surface area (Å²) in [5, 5.41) is 6.42. The van der Waals surface area contributed by atoms with E-state index >= 15 is 0 Å². The monoisotopic (exact) mass is 368 g/mol. The summed E-state index contributed by atoms with van der Waals surface area (Å²) in [7, 11) is 0. The molecule has 0 saturated heterocycles. The first-order valence-corrected chi connectivity index (χ1v) is 9.12. The van der Waals surface area contributed by atoms with Crippen molar-refractivity contribution in [3.05, 3.63) is 64.5 Å². The number of nitrogens with one attached hydrogen (secondary N) is 2. The van der Waals surface area contributed by atoms with Crippen molar-refractivity contribution < 1.29 is 14.3 Å². The molecule has 2 aromatic heterocycles. The standard InChI is InChI=1S/C20H20N2O3S/c1-20(2,3)25-19(24)22-16-6-4-13(5-7-16)17-10-15(11-21-17)18(23)14-8-9-26-12-14/h4-12,21H,1-3H3,(H,22,24). The number of benzene rings is 1. The largest absolute Gasteiger partial charge is 0.444 e. The van der Waals surface area contributed by atoms with Crippen LogP contribution in [0.15, 0.2) is 53.4 Å². The maximum Gasteiger partial charge on any atom is 0.412 e.